The Kier molecular flexibility index (Phi) is 16.2. The molecule has 178 valence electrons. The van der Waals surface area contributed by atoms with Crippen LogP contribution in [0.5, 0.6) is 0 Å². The highest BCUT2D eigenvalue weighted by Gasteiger charge is 2.02. The molecule has 32 heavy (non-hydrogen) atoms. The standard InChI is InChI=1S/C26H38O6/c1-20(2)10-7-11-21(3)12-8-13-25(18-31-23(5)28)14-9-15-26(19-32-24(6)29)16-17-30-22(4)27/h10,12,14,16-17,19H,7-9,11,13,15,18H2,1-6H3/b17-16+,21-12+,25-14-,26-19+. The molecule has 6 nitrogen and oxygen atoms in total. The van der Waals surface area contributed by atoms with Crippen LogP contribution in [0.4, 0.5) is 0 Å². The zero-order valence-corrected chi connectivity index (χ0v) is 20.4. The summed E-state index contributed by atoms with van der Waals surface area (Å²) in [6.45, 7) is 10.6. The van der Waals surface area contributed by atoms with E-state index in [-0.39, 0.29) is 12.6 Å². The zero-order chi connectivity index (χ0) is 24.4. The van der Waals surface area contributed by atoms with E-state index >= 15 is 0 Å². The predicted octanol–water partition coefficient (Wildman–Crippen LogP) is 6.25. The van der Waals surface area contributed by atoms with Crippen LogP contribution in [0.3, 0.4) is 0 Å². The van der Waals surface area contributed by atoms with Crippen LogP contribution >= 0.6 is 0 Å². The molecule has 0 aliphatic heterocycles. The molecule has 0 amide bonds. The molecule has 0 bridgehead atoms. The van der Waals surface area contributed by atoms with Gasteiger partial charge in [-0.05, 0) is 76.5 Å². The average Bonchev–Trinajstić information content (AvgIpc) is 2.68. The second-order valence-electron chi connectivity index (χ2n) is 7.80. The first-order chi connectivity index (χ1) is 15.1. The molecule has 0 rings (SSSR count). The third kappa shape index (κ3) is 19.1. The Labute approximate surface area is 192 Å². The Morgan fingerprint density at radius 2 is 1.31 bits per heavy atom. The van der Waals surface area contributed by atoms with Crippen LogP contribution in [0.25, 0.3) is 0 Å². The van der Waals surface area contributed by atoms with Gasteiger partial charge in [0, 0.05) is 20.8 Å². The van der Waals surface area contributed by atoms with E-state index in [0.717, 1.165) is 31.3 Å². The molecule has 0 fully saturated rings. The van der Waals surface area contributed by atoms with Crippen molar-refractivity contribution in [1.82, 2.24) is 0 Å². The third-order valence-electron chi connectivity index (χ3n) is 4.27. The van der Waals surface area contributed by atoms with Crippen LogP contribution in [0, 0.1) is 0 Å². The molecule has 0 aliphatic rings. The molecule has 0 saturated heterocycles. The molecule has 0 saturated carbocycles. The largest absolute Gasteiger partial charge is 0.461 e. The summed E-state index contributed by atoms with van der Waals surface area (Å²) in [4.78, 5) is 33.2. The minimum absolute atomic E-state index is 0.256. The van der Waals surface area contributed by atoms with Gasteiger partial charge in [0.2, 0.25) is 0 Å². The number of carbonyl (C=O) groups is 3. The van der Waals surface area contributed by atoms with Crippen molar-refractivity contribution in [1.29, 1.82) is 0 Å². The van der Waals surface area contributed by atoms with E-state index in [1.165, 1.54) is 44.4 Å². The van der Waals surface area contributed by atoms with E-state index in [0.29, 0.717) is 18.4 Å². The molecule has 0 unspecified atom stereocenters. The van der Waals surface area contributed by atoms with Gasteiger partial charge in [0.1, 0.15) is 6.61 Å². The van der Waals surface area contributed by atoms with Crippen molar-refractivity contribution in [2.45, 2.75) is 80.1 Å². The highest BCUT2D eigenvalue weighted by molar-refractivity contribution is 5.67. The van der Waals surface area contributed by atoms with Gasteiger partial charge < -0.3 is 14.2 Å². The fraction of sp³-hybridized carbons (Fsp3) is 0.500. The number of allylic oxidation sites excluding steroid dienone is 7. The minimum atomic E-state index is -0.430. The molecule has 0 N–H and O–H groups in total. The summed E-state index contributed by atoms with van der Waals surface area (Å²) in [7, 11) is 0. The lowest BCUT2D eigenvalue weighted by Crippen LogP contribution is -2.03. The molecule has 0 radical (unpaired) electrons. The van der Waals surface area contributed by atoms with Crippen molar-refractivity contribution in [2.75, 3.05) is 6.61 Å². The molecule has 0 heterocycles. The minimum Gasteiger partial charge on any atom is -0.461 e. The van der Waals surface area contributed by atoms with Gasteiger partial charge in [-0.15, -0.1) is 0 Å². The number of rotatable bonds is 14. The summed E-state index contributed by atoms with van der Waals surface area (Å²) in [5, 5.41) is 0. The van der Waals surface area contributed by atoms with Gasteiger partial charge in [0.15, 0.2) is 0 Å². The van der Waals surface area contributed by atoms with Gasteiger partial charge in [-0.1, -0.05) is 29.4 Å². The van der Waals surface area contributed by atoms with Crippen LogP contribution in [-0.2, 0) is 28.6 Å². The quantitative estimate of drug-likeness (QED) is 0.103. The molecule has 0 spiro atoms. The smallest absolute Gasteiger partial charge is 0.307 e. The molecule has 0 aromatic heterocycles. The Hall–Kier alpha value is -2.89. The number of hydrogen-bond donors (Lipinski definition) is 0. The van der Waals surface area contributed by atoms with Crippen molar-refractivity contribution < 1.29 is 28.6 Å². The Balaban J connectivity index is 5.00. The van der Waals surface area contributed by atoms with Crippen LogP contribution in [-0.4, -0.2) is 24.5 Å². The lowest BCUT2D eigenvalue weighted by molar-refractivity contribution is -0.140. The fourth-order valence-corrected chi connectivity index (χ4v) is 2.62. The number of ether oxygens (including phenoxy) is 3. The molecule has 0 aromatic carbocycles. The fourth-order valence-electron chi connectivity index (χ4n) is 2.62. The van der Waals surface area contributed by atoms with Crippen molar-refractivity contribution in [3.63, 3.8) is 0 Å². The van der Waals surface area contributed by atoms with Crippen molar-refractivity contribution in [3.8, 4) is 0 Å². The van der Waals surface area contributed by atoms with Gasteiger partial charge in [-0.2, -0.15) is 0 Å². The van der Waals surface area contributed by atoms with Crippen molar-refractivity contribution in [3.05, 3.63) is 59.1 Å². The predicted molar refractivity (Wildman–Crippen MR) is 126 cm³/mol. The van der Waals surface area contributed by atoms with Crippen LogP contribution in [0.1, 0.15) is 80.1 Å². The lowest BCUT2D eigenvalue weighted by Gasteiger charge is -2.08. The summed E-state index contributed by atoms with van der Waals surface area (Å²) in [6, 6.07) is 0. The number of carbonyl (C=O) groups excluding carboxylic acids is 3. The zero-order valence-electron chi connectivity index (χ0n) is 20.4. The first-order valence-corrected chi connectivity index (χ1v) is 10.9. The summed E-state index contributed by atoms with van der Waals surface area (Å²) >= 11 is 0. The maximum Gasteiger partial charge on any atom is 0.307 e. The Morgan fingerprint density at radius 3 is 1.91 bits per heavy atom. The van der Waals surface area contributed by atoms with Gasteiger partial charge >= 0.3 is 17.9 Å². The number of hydrogen-bond acceptors (Lipinski definition) is 6. The van der Waals surface area contributed by atoms with E-state index in [1.54, 1.807) is 6.08 Å². The normalized spacial score (nSPS) is 12.5. The van der Waals surface area contributed by atoms with E-state index in [2.05, 4.69) is 32.9 Å². The average molecular weight is 447 g/mol. The Morgan fingerprint density at radius 1 is 0.688 bits per heavy atom. The second-order valence-corrected chi connectivity index (χ2v) is 7.80. The molecular weight excluding hydrogens is 408 g/mol. The first kappa shape index (κ1) is 29.1. The van der Waals surface area contributed by atoms with Gasteiger partial charge in [-0.25, -0.2) is 0 Å². The van der Waals surface area contributed by atoms with E-state index in [9.17, 15) is 14.4 Å². The molecule has 0 aromatic rings. The second kappa shape index (κ2) is 17.8. The van der Waals surface area contributed by atoms with Gasteiger partial charge in [-0.3, -0.25) is 14.4 Å². The summed E-state index contributed by atoms with van der Waals surface area (Å²) in [5.74, 6) is -1.17. The van der Waals surface area contributed by atoms with Gasteiger partial charge in [0.25, 0.3) is 0 Å². The summed E-state index contributed by atoms with van der Waals surface area (Å²) in [5.41, 5.74) is 4.40. The molecular formula is C26H38O6. The lowest BCUT2D eigenvalue weighted by atomic mass is 10.0. The highest BCUT2D eigenvalue weighted by atomic mass is 16.5. The first-order valence-electron chi connectivity index (χ1n) is 10.9. The molecule has 6 heteroatoms. The van der Waals surface area contributed by atoms with Gasteiger partial charge in [0.05, 0.1) is 12.5 Å². The topological polar surface area (TPSA) is 78.9 Å². The SMILES string of the molecule is CC(=O)O/C=C/C(=C/OC(C)=O)CC/C=C(/CC/C=C(\C)CCC=C(C)C)COC(C)=O. The molecule has 0 atom stereocenters. The maximum absolute atomic E-state index is 11.2. The van der Waals surface area contributed by atoms with Crippen molar-refractivity contribution >= 4 is 17.9 Å². The number of esters is 3. The monoisotopic (exact) mass is 446 g/mol. The maximum atomic E-state index is 11.2. The van der Waals surface area contributed by atoms with Crippen LogP contribution in [0.2, 0.25) is 0 Å². The summed E-state index contributed by atoms with van der Waals surface area (Å²) < 4.78 is 14.9. The third-order valence-corrected chi connectivity index (χ3v) is 4.27. The van der Waals surface area contributed by atoms with Crippen LogP contribution < -0.4 is 0 Å². The Bertz CT molecular complexity index is 761. The summed E-state index contributed by atoms with van der Waals surface area (Å²) in [6.07, 6.45) is 15.7. The highest BCUT2D eigenvalue weighted by Crippen LogP contribution is 2.15. The van der Waals surface area contributed by atoms with Crippen molar-refractivity contribution in [2.24, 2.45) is 0 Å². The van der Waals surface area contributed by atoms with E-state index in [1.807, 2.05) is 6.08 Å². The van der Waals surface area contributed by atoms with E-state index < -0.39 is 11.9 Å². The van der Waals surface area contributed by atoms with E-state index in [4.69, 9.17) is 14.2 Å². The van der Waals surface area contributed by atoms with Crippen LogP contribution in [0.15, 0.2) is 59.1 Å². The molecule has 0 aliphatic carbocycles.